The molecule has 1 aromatic carbocycles. The summed E-state index contributed by atoms with van der Waals surface area (Å²) < 4.78 is 31.3. The minimum absolute atomic E-state index is 0.0452. The minimum Gasteiger partial charge on any atom is -0.444 e. The van der Waals surface area contributed by atoms with Crippen molar-refractivity contribution in [3.05, 3.63) is 40.5 Å². The van der Waals surface area contributed by atoms with Crippen LogP contribution in [-0.2, 0) is 20.3 Å². The van der Waals surface area contributed by atoms with Gasteiger partial charge in [-0.1, -0.05) is 41.1 Å². The molecule has 0 saturated heterocycles. The number of ether oxygens (including phenoxy) is 1. The third kappa shape index (κ3) is 9.05. The number of thiazole rings is 1. The Labute approximate surface area is 195 Å². The van der Waals surface area contributed by atoms with Gasteiger partial charge in [0.05, 0.1) is 20.6 Å². The van der Waals surface area contributed by atoms with Crippen molar-refractivity contribution in [2.24, 2.45) is 0 Å². The summed E-state index contributed by atoms with van der Waals surface area (Å²) in [5, 5.41) is 2.71. The first kappa shape index (κ1) is 25.3. The van der Waals surface area contributed by atoms with Crippen LogP contribution in [0.1, 0.15) is 26.5 Å². The van der Waals surface area contributed by atoms with Crippen molar-refractivity contribution in [2.45, 2.75) is 41.2 Å². The zero-order chi connectivity index (χ0) is 22.2. The van der Waals surface area contributed by atoms with Crippen molar-refractivity contribution in [3.63, 3.8) is 0 Å². The summed E-state index contributed by atoms with van der Waals surface area (Å²) in [5.74, 6) is 1.80. The van der Waals surface area contributed by atoms with Crippen molar-refractivity contribution in [1.82, 2.24) is 10.3 Å². The molecule has 0 aliphatic carbocycles. The Morgan fingerprint density at radius 3 is 2.60 bits per heavy atom. The maximum Gasteiger partial charge on any atom is 0.407 e. The lowest BCUT2D eigenvalue weighted by Gasteiger charge is -2.19. The van der Waals surface area contributed by atoms with E-state index in [4.69, 9.17) is 16.3 Å². The molecule has 1 heterocycles. The van der Waals surface area contributed by atoms with E-state index in [1.807, 2.05) is 20.8 Å². The highest BCUT2D eigenvalue weighted by molar-refractivity contribution is 8.02. The number of carbonyl (C=O) groups excluding carboxylic acids is 1. The average Bonchev–Trinajstić information content (AvgIpc) is 3.00. The lowest BCUT2D eigenvalue weighted by atomic mass is 10.2. The summed E-state index contributed by atoms with van der Waals surface area (Å²) in [6.45, 7) is 5.93. The molecule has 0 atom stereocenters. The fourth-order valence-corrected chi connectivity index (χ4v) is 7.41. The highest BCUT2D eigenvalue weighted by atomic mass is 35.5. The molecule has 0 unspecified atom stereocenters. The Balaban J connectivity index is 1.77. The van der Waals surface area contributed by atoms with Crippen LogP contribution in [-0.4, -0.2) is 48.9 Å². The smallest absolute Gasteiger partial charge is 0.407 e. The van der Waals surface area contributed by atoms with Crippen LogP contribution in [0.15, 0.2) is 39.4 Å². The number of sulfone groups is 1. The first-order valence-electron chi connectivity index (χ1n) is 9.17. The normalized spacial score (nSPS) is 12.0. The Morgan fingerprint density at radius 1 is 1.23 bits per heavy atom. The second-order valence-corrected chi connectivity index (χ2v) is 13.3. The lowest BCUT2D eigenvalue weighted by Crippen LogP contribution is -2.33. The van der Waals surface area contributed by atoms with Gasteiger partial charge in [-0.15, -0.1) is 11.8 Å². The number of halogens is 1. The number of benzene rings is 1. The number of amides is 1. The van der Waals surface area contributed by atoms with Gasteiger partial charge in [0, 0.05) is 23.8 Å². The Bertz CT molecular complexity index is 928. The number of nitrogens with zero attached hydrogens (tertiary/aromatic N) is 1. The van der Waals surface area contributed by atoms with E-state index in [2.05, 4.69) is 10.3 Å². The Morgan fingerprint density at radius 2 is 1.93 bits per heavy atom. The van der Waals surface area contributed by atoms with Gasteiger partial charge in [0.2, 0.25) is 0 Å². The van der Waals surface area contributed by atoms with Gasteiger partial charge in [0.25, 0.3) is 0 Å². The number of nitrogens with one attached hydrogen (secondary N) is 1. The van der Waals surface area contributed by atoms with Crippen molar-refractivity contribution in [3.8, 4) is 0 Å². The van der Waals surface area contributed by atoms with Crippen molar-refractivity contribution >= 4 is 62.4 Å². The summed E-state index contributed by atoms with van der Waals surface area (Å²) in [7, 11) is -3.31. The van der Waals surface area contributed by atoms with E-state index in [0.29, 0.717) is 33.2 Å². The number of hydrogen-bond donors (Lipinski definition) is 1. The van der Waals surface area contributed by atoms with Gasteiger partial charge in [-0.2, -0.15) is 11.8 Å². The molecule has 2 aromatic rings. The largest absolute Gasteiger partial charge is 0.444 e. The molecule has 0 bridgehead atoms. The van der Waals surface area contributed by atoms with E-state index in [1.54, 1.807) is 42.1 Å². The van der Waals surface area contributed by atoms with Gasteiger partial charge in [0.15, 0.2) is 14.3 Å². The van der Waals surface area contributed by atoms with Crippen LogP contribution in [0.4, 0.5) is 4.79 Å². The molecule has 0 spiro atoms. The Kier molecular flexibility index (Phi) is 9.80. The van der Waals surface area contributed by atoms with Crippen molar-refractivity contribution in [2.75, 3.05) is 23.8 Å². The van der Waals surface area contributed by atoms with Gasteiger partial charge in [-0.25, -0.2) is 18.2 Å². The quantitative estimate of drug-likeness (QED) is 0.352. The van der Waals surface area contributed by atoms with Crippen LogP contribution < -0.4 is 5.32 Å². The van der Waals surface area contributed by atoms with Crippen LogP contribution in [0, 0.1) is 0 Å². The van der Waals surface area contributed by atoms with Gasteiger partial charge < -0.3 is 10.1 Å². The van der Waals surface area contributed by atoms with E-state index in [9.17, 15) is 13.2 Å². The van der Waals surface area contributed by atoms with Crippen LogP contribution in [0.5, 0.6) is 0 Å². The highest BCUT2D eigenvalue weighted by Crippen LogP contribution is 2.34. The molecule has 0 saturated carbocycles. The maximum absolute atomic E-state index is 12.4. The lowest BCUT2D eigenvalue weighted by molar-refractivity contribution is 0.0531. The third-order valence-electron chi connectivity index (χ3n) is 3.48. The topological polar surface area (TPSA) is 85.4 Å². The van der Waals surface area contributed by atoms with Crippen LogP contribution in [0.2, 0.25) is 4.47 Å². The van der Waals surface area contributed by atoms with Crippen LogP contribution >= 0.6 is 46.5 Å². The zero-order valence-corrected chi connectivity index (χ0v) is 21.0. The second kappa shape index (κ2) is 11.6. The fourth-order valence-electron chi connectivity index (χ4n) is 2.21. The van der Waals surface area contributed by atoms with E-state index in [1.165, 1.54) is 23.1 Å². The molecule has 1 aromatic heterocycles. The number of rotatable bonds is 10. The number of hydrogen-bond acceptors (Lipinski definition) is 8. The van der Waals surface area contributed by atoms with Gasteiger partial charge in [-0.3, -0.25) is 0 Å². The van der Waals surface area contributed by atoms with E-state index in [-0.39, 0.29) is 5.75 Å². The molecule has 166 valence electrons. The summed E-state index contributed by atoms with van der Waals surface area (Å²) in [4.78, 5) is 16.3. The summed E-state index contributed by atoms with van der Waals surface area (Å²) >= 11 is 10.5. The molecular formula is C19H25ClN2O4S4. The molecule has 0 aliphatic rings. The Hall–Kier alpha value is -0.940. The molecule has 1 N–H and O–H groups in total. The first-order chi connectivity index (χ1) is 14.1. The molecule has 6 nitrogen and oxygen atoms in total. The standard InChI is InChI=1S/C19H25ClN2O4S4/c1-19(2,3)26-18(23)21-9-10-27-13-15-16(29-17(20)22-15)28-11-12-30(24,25)14-7-5-4-6-8-14/h4-8H,9-13H2,1-3H3,(H,21,23). The number of alkyl carbamates (subject to hydrolysis) is 1. The second-order valence-electron chi connectivity index (χ2n) is 7.16. The molecular weight excluding hydrogens is 484 g/mol. The average molecular weight is 509 g/mol. The molecule has 0 aliphatic heterocycles. The number of carbonyl (C=O) groups is 1. The number of thioether (sulfide) groups is 2. The summed E-state index contributed by atoms with van der Waals surface area (Å²) in [6, 6.07) is 8.44. The number of aromatic nitrogens is 1. The predicted octanol–water partition coefficient (Wildman–Crippen LogP) is 5.12. The first-order valence-corrected chi connectivity index (χ1v) is 14.2. The van der Waals surface area contributed by atoms with Gasteiger partial charge >= 0.3 is 6.09 Å². The SMILES string of the molecule is CC(C)(C)OC(=O)NCCSCc1nc(Cl)sc1SCCS(=O)(=O)c1ccccc1. The van der Waals surface area contributed by atoms with Crippen LogP contribution in [0.25, 0.3) is 0 Å². The molecule has 0 fully saturated rings. The summed E-state index contributed by atoms with van der Waals surface area (Å²) in [5.41, 5.74) is 0.323. The van der Waals surface area contributed by atoms with E-state index in [0.717, 1.165) is 9.90 Å². The maximum atomic E-state index is 12.4. The van der Waals surface area contributed by atoms with Gasteiger partial charge in [-0.05, 0) is 32.9 Å². The molecule has 30 heavy (non-hydrogen) atoms. The minimum atomic E-state index is -3.31. The molecule has 1 amide bonds. The fraction of sp³-hybridized carbons (Fsp3) is 0.474. The molecule has 0 radical (unpaired) electrons. The van der Waals surface area contributed by atoms with Crippen molar-refractivity contribution in [1.29, 1.82) is 0 Å². The zero-order valence-electron chi connectivity index (χ0n) is 17.0. The van der Waals surface area contributed by atoms with Crippen molar-refractivity contribution < 1.29 is 17.9 Å². The van der Waals surface area contributed by atoms with E-state index >= 15 is 0 Å². The summed E-state index contributed by atoms with van der Waals surface area (Å²) in [6.07, 6.45) is -0.435. The third-order valence-corrected chi connectivity index (χ3v) is 8.94. The molecule has 2 rings (SSSR count). The monoisotopic (exact) mass is 508 g/mol. The predicted molar refractivity (Wildman–Crippen MR) is 127 cm³/mol. The van der Waals surface area contributed by atoms with Gasteiger partial charge in [0.1, 0.15) is 5.60 Å². The highest BCUT2D eigenvalue weighted by Gasteiger charge is 2.17. The van der Waals surface area contributed by atoms with E-state index < -0.39 is 21.5 Å². The molecule has 11 heteroatoms. The van der Waals surface area contributed by atoms with Crippen LogP contribution in [0.3, 0.4) is 0 Å².